The molecule has 8 heteroatoms. The van der Waals surface area contributed by atoms with Crippen LogP contribution < -0.4 is 10.1 Å². The van der Waals surface area contributed by atoms with Crippen molar-refractivity contribution in [3.05, 3.63) is 21.9 Å². The van der Waals surface area contributed by atoms with Gasteiger partial charge in [0.15, 0.2) is 0 Å². The highest BCUT2D eigenvalue weighted by Crippen LogP contribution is 2.14. The largest absolute Gasteiger partial charge is 0.461 e. The fourth-order valence-corrected chi connectivity index (χ4v) is 1.86. The van der Waals surface area contributed by atoms with E-state index >= 15 is 0 Å². The number of halogens is 1. The van der Waals surface area contributed by atoms with E-state index in [0.717, 1.165) is 4.88 Å². The van der Waals surface area contributed by atoms with Crippen LogP contribution in [0.5, 0.6) is 6.01 Å². The average Bonchev–Trinajstić information content (AvgIpc) is 2.77. The van der Waals surface area contributed by atoms with Gasteiger partial charge in [0.1, 0.15) is 0 Å². The van der Waals surface area contributed by atoms with Crippen LogP contribution in [0.4, 0.5) is 5.95 Å². The molecule has 0 radical (unpaired) electrons. The van der Waals surface area contributed by atoms with Crippen LogP contribution in [0.1, 0.15) is 18.7 Å². The van der Waals surface area contributed by atoms with Gasteiger partial charge in [0.25, 0.3) is 0 Å². The maximum absolute atomic E-state index is 5.80. The van der Waals surface area contributed by atoms with Gasteiger partial charge in [0, 0.05) is 11.1 Å². The van der Waals surface area contributed by atoms with Gasteiger partial charge < -0.3 is 10.1 Å². The van der Waals surface area contributed by atoms with Crippen molar-refractivity contribution in [2.45, 2.75) is 26.5 Å². The van der Waals surface area contributed by atoms with Crippen molar-refractivity contribution < 1.29 is 4.74 Å². The second kappa shape index (κ2) is 5.92. The van der Waals surface area contributed by atoms with Gasteiger partial charge in [-0.15, -0.1) is 11.3 Å². The predicted octanol–water partition coefficient (Wildman–Crippen LogP) is 2.38. The smallest absolute Gasteiger partial charge is 0.322 e. The van der Waals surface area contributed by atoms with E-state index in [2.05, 4.69) is 25.3 Å². The van der Waals surface area contributed by atoms with E-state index in [-0.39, 0.29) is 17.4 Å². The minimum absolute atomic E-state index is 0.0159. The second-order valence-corrected chi connectivity index (χ2v) is 5.01. The lowest BCUT2D eigenvalue weighted by molar-refractivity contribution is 0.222. The highest BCUT2D eigenvalue weighted by atomic mass is 35.5. The summed E-state index contributed by atoms with van der Waals surface area (Å²) in [4.78, 5) is 17.0. The van der Waals surface area contributed by atoms with Crippen molar-refractivity contribution in [1.29, 1.82) is 0 Å². The Hall–Kier alpha value is -1.47. The average molecular weight is 286 g/mol. The van der Waals surface area contributed by atoms with E-state index < -0.39 is 0 Å². The molecule has 0 fully saturated rings. The minimum atomic E-state index is -0.0159. The molecule has 0 amide bonds. The standard InChI is InChI=1S/C10H12ClN5OS/c1-6(2)17-10-15-8(11)14-9(16-10)13-4-7-3-12-5-18-7/h3,5-6H,4H2,1-2H3,(H,13,14,15,16). The van der Waals surface area contributed by atoms with Gasteiger partial charge in [-0.2, -0.15) is 15.0 Å². The summed E-state index contributed by atoms with van der Waals surface area (Å²) in [5.41, 5.74) is 1.77. The van der Waals surface area contributed by atoms with Crippen molar-refractivity contribution in [2.75, 3.05) is 5.32 Å². The maximum atomic E-state index is 5.80. The van der Waals surface area contributed by atoms with Gasteiger partial charge in [-0.25, -0.2) is 0 Å². The molecule has 0 saturated heterocycles. The Bertz CT molecular complexity index is 505. The molecule has 0 atom stereocenters. The van der Waals surface area contributed by atoms with Crippen LogP contribution in [0.3, 0.4) is 0 Å². The summed E-state index contributed by atoms with van der Waals surface area (Å²) in [5, 5.41) is 3.15. The van der Waals surface area contributed by atoms with Crippen LogP contribution in [0.25, 0.3) is 0 Å². The van der Waals surface area contributed by atoms with E-state index in [1.165, 1.54) is 0 Å². The molecule has 2 aromatic rings. The lowest BCUT2D eigenvalue weighted by Crippen LogP contribution is -2.11. The van der Waals surface area contributed by atoms with Crippen LogP contribution in [0.2, 0.25) is 5.28 Å². The Labute approximate surface area is 113 Å². The first-order valence-corrected chi connectivity index (χ1v) is 6.58. The molecule has 0 unspecified atom stereocenters. The molecule has 0 aliphatic carbocycles. The Morgan fingerprint density at radius 1 is 1.39 bits per heavy atom. The number of nitrogens with zero attached hydrogens (tertiary/aromatic N) is 4. The molecule has 0 saturated carbocycles. The molecule has 2 aromatic heterocycles. The van der Waals surface area contributed by atoms with Crippen molar-refractivity contribution in [1.82, 2.24) is 19.9 Å². The fraction of sp³-hybridized carbons (Fsp3) is 0.400. The highest BCUT2D eigenvalue weighted by Gasteiger charge is 2.07. The first-order valence-electron chi connectivity index (χ1n) is 5.33. The quantitative estimate of drug-likeness (QED) is 0.909. The number of aromatic nitrogens is 4. The summed E-state index contributed by atoms with van der Waals surface area (Å²) >= 11 is 7.35. The zero-order valence-corrected chi connectivity index (χ0v) is 11.5. The first kappa shape index (κ1) is 13.0. The van der Waals surface area contributed by atoms with Crippen LogP contribution in [-0.4, -0.2) is 26.0 Å². The zero-order valence-electron chi connectivity index (χ0n) is 9.92. The molecule has 0 aromatic carbocycles. The molecule has 0 bridgehead atoms. The number of ether oxygens (including phenoxy) is 1. The summed E-state index contributed by atoms with van der Waals surface area (Å²) in [5.74, 6) is 0.388. The lowest BCUT2D eigenvalue weighted by atomic mass is 10.5. The molecular weight excluding hydrogens is 274 g/mol. The Balaban J connectivity index is 2.05. The maximum Gasteiger partial charge on any atom is 0.322 e. The monoisotopic (exact) mass is 285 g/mol. The SMILES string of the molecule is CC(C)Oc1nc(Cl)nc(NCc2cncs2)n1. The fourth-order valence-electron chi connectivity index (χ4n) is 1.17. The van der Waals surface area contributed by atoms with Crippen molar-refractivity contribution in [2.24, 2.45) is 0 Å². The molecule has 0 aliphatic rings. The normalized spacial score (nSPS) is 10.7. The Morgan fingerprint density at radius 3 is 2.89 bits per heavy atom. The lowest BCUT2D eigenvalue weighted by Gasteiger charge is -2.09. The number of hydrogen-bond donors (Lipinski definition) is 1. The van der Waals surface area contributed by atoms with E-state index in [0.29, 0.717) is 12.5 Å². The van der Waals surface area contributed by atoms with Crippen LogP contribution in [0.15, 0.2) is 11.7 Å². The van der Waals surface area contributed by atoms with Gasteiger partial charge in [0.05, 0.1) is 18.2 Å². The molecule has 1 N–H and O–H groups in total. The van der Waals surface area contributed by atoms with E-state index in [9.17, 15) is 0 Å². The van der Waals surface area contributed by atoms with Gasteiger partial charge in [0.2, 0.25) is 11.2 Å². The molecule has 96 valence electrons. The highest BCUT2D eigenvalue weighted by molar-refractivity contribution is 7.09. The molecule has 6 nitrogen and oxygen atoms in total. The van der Waals surface area contributed by atoms with Crippen LogP contribution in [0, 0.1) is 0 Å². The number of anilines is 1. The third-order valence-electron chi connectivity index (χ3n) is 1.83. The molecule has 0 spiro atoms. The van der Waals surface area contributed by atoms with E-state index in [4.69, 9.17) is 16.3 Å². The van der Waals surface area contributed by atoms with Gasteiger partial charge in [-0.3, -0.25) is 4.98 Å². The van der Waals surface area contributed by atoms with Gasteiger partial charge in [-0.05, 0) is 25.4 Å². The van der Waals surface area contributed by atoms with Crippen LogP contribution >= 0.6 is 22.9 Å². The third-order valence-corrected chi connectivity index (χ3v) is 2.78. The summed E-state index contributed by atoms with van der Waals surface area (Å²) < 4.78 is 5.38. The van der Waals surface area contributed by atoms with Crippen molar-refractivity contribution >= 4 is 28.9 Å². The van der Waals surface area contributed by atoms with E-state index in [1.54, 1.807) is 23.0 Å². The topological polar surface area (TPSA) is 72.8 Å². The van der Waals surface area contributed by atoms with Gasteiger partial charge in [-0.1, -0.05) is 0 Å². The molecule has 18 heavy (non-hydrogen) atoms. The number of thiazole rings is 1. The van der Waals surface area contributed by atoms with E-state index in [1.807, 2.05) is 13.8 Å². The predicted molar refractivity (Wildman–Crippen MR) is 70.0 cm³/mol. The Morgan fingerprint density at radius 2 is 2.22 bits per heavy atom. The van der Waals surface area contributed by atoms with Crippen molar-refractivity contribution in [3.8, 4) is 6.01 Å². The summed E-state index contributed by atoms with van der Waals surface area (Å²) in [6.45, 7) is 4.37. The molecule has 2 heterocycles. The number of rotatable bonds is 5. The van der Waals surface area contributed by atoms with Crippen molar-refractivity contribution in [3.63, 3.8) is 0 Å². The molecule has 2 rings (SSSR count). The molecular formula is C10H12ClN5OS. The van der Waals surface area contributed by atoms with Crippen LogP contribution in [-0.2, 0) is 6.54 Å². The zero-order chi connectivity index (χ0) is 13.0. The molecule has 0 aliphatic heterocycles. The third kappa shape index (κ3) is 3.78. The summed E-state index contributed by atoms with van der Waals surface area (Å²) in [6.07, 6.45) is 1.77. The number of hydrogen-bond acceptors (Lipinski definition) is 7. The summed E-state index contributed by atoms with van der Waals surface area (Å²) in [6, 6.07) is 0.219. The van der Waals surface area contributed by atoms with Gasteiger partial charge >= 0.3 is 6.01 Å². The summed E-state index contributed by atoms with van der Waals surface area (Å²) in [7, 11) is 0. The second-order valence-electron chi connectivity index (χ2n) is 3.70. The minimum Gasteiger partial charge on any atom is -0.461 e. The Kier molecular flexibility index (Phi) is 4.27. The first-order chi connectivity index (χ1) is 8.63. The number of nitrogens with one attached hydrogen (secondary N) is 1.